The molecule has 5 heteroatoms. The molecule has 0 bridgehead atoms. The molecule has 0 radical (unpaired) electrons. The SMILES string of the molecule is Cc1cccc(C(=O)NCc2cc(F)ncc2F)c1C. The number of nitrogens with one attached hydrogen (secondary N) is 1. The van der Waals surface area contributed by atoms with Crippen LogP contribution in [0.2, 0.25) is 0 Å². The molecular weight excluding hydrogens is 262 g/mol. The fourth-order valence-corrected chi connectivity index (χ4v) is 1.85. The van der Waals surface area contributed by atoms with E-state index in [0.717, 1.165) is 23.4 Å². The summed E-state index contributed by atoms with van der Waals surface area (Å²) in [5, 5.41) is 2.58. The predicted octanol–water partition coefficient (Wildman–Crippen LogP) is 2.91. The van der Waals surface area contributed by atoms with Crippen molar-refractivity contribution in [3.8, 4) is 0 Å². The van der Waals surface area contributed by atoms with E-state index in [1.54, 1.807) is 12.1 Å². The van der Waals surface area contributed by atoms with Crippen LogP contribution in [0.1, 0.15) is 27.0 Å². The molecule has 0 saturated heterocycles. The maximum atomic E-state index is 13.4. The molecular formula is C15H14F2N2O. The zero-order chi connectivity index (χ0) is 14.7. The molecule has 0 unspecified atom stereocenters. The summed E-state index contributed by atoms with van der Waals surface area (Å²) in [7, 11) is 0. The summed E-state index contributed by atoms with van der Waals surface area (Å²) in [5.74, 6) is -1.74. The highest BCUT2D eigenvalue weighted by atomic mass is 19.1. The van der Waals surface area contributed by atoms with Crippen LogP contribution < -0.4 is 5.32 Å². The van der Waals surface area contributed by atoms with E-state index >= 15 is 0 Å². The highest BCUT2D eigenvalue weighted by molar-refractivity contribution is 5.95. The van der Waals surface area contributed by atoms with Gasteiger partial charge in [0.1, 0.15) is 5.82 Å². The summed E-state index contributed by atoms with van der Waals surface area (Å²) in [6.45, 7) is 3.67. The van der Waals surface area contributed by atoms with Gasteiger partial charge in [-0.2, -0.15) is 4.39 Å². The van der Waals surface area contributed by atoms with Crippen molar-refractivity contribution < 1.29 is 13.6 Å². The number of nitrogens with zero attached hydrogens (tertiary/aromatic N) is 1. The van der Waals surface area contributed by atoms with Gasteiger partial charge in [0.05, 0.1) is 6.20 Å². The summed E-state index contributed by atoms with van der Waals surface area (Å²) < 4.78 is 26.3. The molecule has 1 N–H and O–H groups in total. The number of pyridine rings is 1. The zero-order valence-corrected chi connectivity index (χ0v) is 11.2. The highest BCUT2D eigenvalue weighted by Crippen LogP contribution is 2.13. The van der Waals surface area contributed by atoms with Crippen molar-refractivity contribution in [3.63, 3.8) is 0 Å². The van der Waals surface area contributed by atoms with E-state index < -0.39 is 11.8 Å². The smallest absolute Gasteiger partial charge is 0.251 e. The van der Waals surface area contributed by atoms with Crippen LogP contribution in [0.15, 0.2) is 30.5 Å². The van der Waals surface area contributed by atoms with Gasteiger partial charge >= 0.3 is 0 Å². The third-order valence-corrected chi connectivity index (χ3v) is 3.19. The van der Waals surface area contributed by atoms with Crippen LogP contribution in [-0.4, -0.2) is 10.9 Å². The average molecular weight is 276 g/mol. The Labute approximate surface area is 115 Å². The van der Waals surface area contributed by atoms with Crippen LogP contribution in [0, 0.1) is 25.6 Å². The molecule has 0 spiro atoms. The van der Waals surface area contributed by atoms with Crippen molar-refractivity contribution >= 4 is 5.91 Å². The van der Waals surface area contributed by atoms with E-state index in [4.69, 9.17) is 0 Å². The number of carbonyl (C=O) groups is 1. The first-order valence-electron chi connectivity index (χ1n) is 6.13. The van der Waals surface area contributed by atoms with Gasteiger partial charge in [0, 0.05) is 23.7 Å². The summed E-state index contributed by atoms with van der Waals surface area (Å²) in [6, 6.07) is 6.35. The summed E-state index contributed by atoms with van der Waals surface area (Å²) in [5.41, 5.74) is 2.46. The molecule has 1 amide bonds. The normalized spacial score (nSPS) is 10.4. The number of benzene rings is 1. The second kappa shape index (κ2) is 5.77. The topological polar surface area (TPSA) is 42.0 Å². The molecule has 2 aromatic rings. The van der Waals surface area contributed by atoms with Gasteiger partial charge < -0.3 is 5.32 Å². The molecule has 0 atom stereocenters. The quantitative estimate of drug-likeness (QED) is 0.876. The van der Waals surface area contributed by atoms with Crippen molar-refractivity contribution in [2.75, 3.05) is 0 Å². The molecule has 104 valence electrons. The fourth-order valence-electron chi connectivity index (χ4n) is 1.85. The Bertz CT molecular complexity index is 656. The van der Waals surface area contributed by atoms with E-state index in [0.29, 0.717) is 5.56 Å². The van der Waals surface area contributed by atoms with Crippen LogP contribution in [0.25, 0.3) is 0 Å². The Balaban J connectivity index is 2.13. The number of carbonyl (C=O) groups excluding carboxylic acids is 1. The second-order valence-corrected chi connectivity index (χ2v) is 4.53. The van der Waals surface area contributed by atoms with Gasteiger partial charge in [0.2, 0.25) is 5.95 Å². The first-order valence-corrected chi connectivity index (χ1v) is 6.13. The standard InChI is InChI=1S/C15H14F2N2O/c1-9-4-3-5-12(10(9)2)15(20)19-7-11-6-14(17)18-8-13(11)16/h3-6,8H,7H2,1-2H3,(H,19,20). The van der Waals surface area contributed by atoms with E-state index in [9.17, 15) is 13.6 Å². The summed E-state index contributed by atoms with van der Waals surface area (Å²) >= 11 is 0. The van der Waals surface area contributed by atoms with Crippen LogP contribution >= 0.6 is 0 Å². The molecule has 2 rings (SSSR count). The maximum absolute atomic E-state index is 13.4. The van der Waals surface area contributed by atoms with Gasteiger partial charge in [-0.15, -0.1) is 0 Å². The summed E-state index contributed by atoms with van der Waals surface area (Å²) in [6.07, 6.45) is 0.800. The first-order chi connectivity index (χ1) is 9.49. The molecule has 3 nitrogen and oxygen atoms in total. The second-order valence-electron chi connectivity index (χ2n) is 4.53. The molecule has 0 aliphatic rings. The van der Waals surface area contributed by atoms with Crippen molar-refractivity contribution in [3.05, 3.63) is 64.5 Å². The number of rotatable bonds is 3. The van der Waals surface area contributed by atoms with E-state index in [1.165, 1.54) is 0 Å². The third kappa shape index (κ3) is 2.99. The molecule has 1 aromatic carbocycles. The van der Waals surface area contributed by atoms with E-state index in [1.807, 2.05) is 19.9 Å². The number of hydrogen-bond donors (Lipinski definition) is 1. The Morgan fingerprint density at radius 1 is 1.30 bits per heavy atom. The fraction of sp³-hybridized carbons (Fsp3) is 0.200. The van der Waals surface area contributed by atoms with Gasteiger partial charge in [0.25, 0.3) is 5.91 Å². The van der Waals surface area contributed by atoms with Crippen LogP contribution in [-0.2, 0) is 6.54 Å². The molecule has 20 heavy (non-hydrogen) atoms. The lowest BCUT2D eigenvalue weighted by molar-refractivity contribution is 0.0950. The molecule has 1 heterocycles. The predicted molar refractivity (Wildman–Crippen MR) is 71.2 cm³/mol. The molecule has 1 aromatic heterocycles. The lowest BCUT2D eigenvalue weighted by atomic mass is 10.0. The van der Waals surface area contributed by atoms with Crippen LogP contribution in [0.3, 0.4) is 0 Å². The van der Waals surface area contributed by atoms with Crippen molar-refractivity contribution in [1.82, 2.24) is 10.3 Å². The molecule has 0 saturated carbocycles. The lowest BCUT2D eigenvalue weighted by Gasteiger charge is -2.10. The molecule has 0 fully saturated rings. The number of hydrogen-bond acceptors (Lipinski definition) is 2. The minimum atomic E-state index is -0.776. The van der Waals surface area contributed by atoms with E-state index in [2.05, 4.69) is 10.3 Å². The third-order valence-electron chi connectivity index (χ3n) is 3.19. The number of halogens is 2. The monoisotopic (exact) mass is 276 g/mol. The van der Waals surface area contributed by atoms with Gasteiger partial charge in [-0.3, -0.25) is 4.79 Å². The Kier molecular flexibility index (Phi) is 4.08. The van der Waals surface area contributed by atoms with Gasteiger partial charge in [0.15, 0.2) is 0 Å². The average Bonchev–Trinajstić information content (AvgIpc) is 2.42. The number of aromatic nitrogens is 1. The minimum absolute atomic E-state index is 0.0659. The minimum Gasteiger partial charge on any atom is -0.348 e. The van der Waals surface area contributed by atoms with Gasteiger partial charge in [-0.05, 0) is 31.0 Å². The first kappa shape index (κ1) is 14.1. The van der Waals surface area contributed by atoms with Gasteiger partial charge in [-0.1, -0.05) is 12.1 Å². The number of aryl methyl sites for hydroxylation is 1. The zero-order valence-electron chi connectivity index (χ0n) is 11.2. The van der Waals surface area contributed by atoms with Gasteiger partial charge in [-0.25, -0.2) is 9.37 Å². The van der Waals surface area contributed by atoms with Crippen molar-refractivity contribution in [2.24, 2.45) is 0 Å². The maximum Gasteiger partial charge on any atom is 0.251 e. The number of amides is 1. The summed E-state index contributed by atoms with van der Waals surface area (Å²) in [4.78, 5) is 15.2. The Hall–Kier alpha value is -2.30. The van der Waals surface area contributed by atoms with Crippen LogP contribution in [0.4, 0.5) is 8.78 Å². The van der Waals surface area contributed by atoms with E-state index in [-0.39, 0.29) is 18.0 Å². The Morgan fingerprint density at radius 2 is 2.05 bits per heavy atom. The van der Waals surface area contributed by atoms with Crippen molar-refractivity contribution in [2.45, 2.75) is 20.4 Å². The largest absolute Gasteiger partial charge is 0.348 e. The lowest BCUT2D eigenvalue weighted by Crippen LogP contribution is -2.24. The van der Waals surface area contributed by atoms with Crippen LogP contribution in [0.5, 0.6) is 0 Å². The highest BCUT2D eigenvalue weighted by Gasteiger charge is 2.11. The molecule has 0 aliphatic carbocycles. The van der Waals surface area contributed by atoms with Crippen molar-refractivity contribution in [1.29, 1.82) is 0 Å². The Morgan fingerprint density at radius 3 is 2.80 bits per heavy atom. The molecule has 0 aliphatic heterocycles.